The molecule has 2 N–H and O–H groups in total. The van der Waals surface area contributed by atoms with E-state index in [4.69, 9.17) is 16.4 Å². The molecular formula is C22H24ClN3O5. The van der Waals surface area contributed by atoms with Gasteiger partial charge < -0.3 is 15.0 Å². The Kier molecular flexibility index (Phi) is 9.33. The number of rotatable bonds is 11. The van der Waals surface area contributed by atoms with E-state index in [9.17, 15) is 19.2 Å². The number of aldehydes is 2. The van der Waals surface area contributed by atoms with Crippen molar-refractivity contribution in [2.45, 2.75) is 25.6 Å². The number of benzene rings is 2. The fraction of sp³-hybridized carbons (Fsp3) is 0.273. The number of hydrogen-bond acceptors (Lipinski definition) is 6. The van der Waals surface area contributed by atoms with Gasteiger partial charge in [-0.25, -0.2) is 5.48 Å². The third-order valence-electron chi connectivity index (χ3n) is 4.64. The van der Waals surface area contributed by atoms with Crippen LogP contribution in [0, 0.1) is 0 Å². The highest BCUT2D eigenvalue weighted by Gasteiger charge is 2.24. The van der Waals surface area contributed by atoms with Crippen molar-refractivity contribution < 1.29 is 24.0 Å². The molecule has 2 aromatic carbocycles. The fourth-order valence-corrected chi connectivity index (χ4v) is 3.23. The zero-order chi connectivity index (χ0) is 22.8. The predicted molar refractivity (Wildman–Crippen MR) is 116 cm³/mol. The zero-order valence-corrected chi connectivity index (χ0v) is 18.0. The topological polar surface area (TPSA) is 105 Å². The molecule has 9 heteroatoms. The largest absolute Gasteiger partial charge is 0.348 e. The molecule has 0 radical (unpaired) electrons. The van der Waals surface area contributed by atoms with Crippen LogP contribution in [0.3, 0.4) is 0 Å². The highest BCUT2D eigenvalue weighted by atomic mass is 35.5. The molecule has 164 valence electrons. The minimum atomic E-state index is -0.703. The first-order valence-electron chi connectivity index (χ1n) is 9.57. The van der Waals surface area contributed by atoms with Crippen LogP contribution in [-0.4, -0.2) is 49.6 Å². The Morgan fingerprint density at radius 2 is 1.84 bits per heavy atom. The third kappa shape index (κ3) is 6.21. The van der Waals surface area contributed by atoms with Crippen LogP contribution in [0.1, 0.15) is 49.5 Å². The molecule has 0 fully saturated rings. The van der Waals surface area contributed by atoms with E-state index < -0.39 is 18.0 Å². The van der Waals surface area contributed by atoms with Crippen molar-refractivity contribution in [3.05, 3.63) is 69.7 Å². The van der Waals surface area contributed by atoms with Crippen molar-refractivity contribution in [2.24, 2.45) is 0 Å². The van der Waals surface area contributed by atoms with Crippen molar-refractivity contribution in [3.8, 4) is 0 Å². The van der Waals surface area contributed by atoms with E-state index in [0.717, 1.165) is 6.29 Å². The SMILES string of the molecule is CNOC(CCC=O)N(C)C(=O)c1cccc(CNC(=O)c2ccccc2Cl)c1C=O. The quantitative estimate of drug-likeness (QED) is 0.313. The zero-order valence-electron chi connectivity index (χ0n) is 17.3. The molecule has 31 heavy (non-hydrogen) atoms. The summed E-state index contributed by atoms with van der Waals surface area (Å²) in [7, 11) is 3.07. The number of carbonyl (C=O) groups is 4. The molecule has 1 unspecified atom stereocenters. The monoisotopic (exact) mass is 445 g/mol. The van der Waals surface area contributed by atoms with Crippen molar-refractivity contribution in [3.63, 3.8) is 0 Å². The summed E-state index contributed by atoms with van der Waals surface area (Å²) in [5.74, 6) is -0.847. The van der Waals surface area contributed by atoms with E-state index in [1.165, 1.54) is 18.0 Å². The van der Waals surface area contributed by atoms with Crippen LogP contribution < -0.4 is 10.8 Å². The minimum absolute atomic E-state index is 0.0323. The molecule has 0 spiro atoms. The molecule has 2 amide bonds. The smallest absolute Gasteiger partial charge is 0.256 e. The van der Waals surface area contributed by atoms with Gasteiger partial charge in [0, 0.05) is 39.0 Å². The van der Waals surface area contributed by atoms with Crippen LogP contribution in [0.15, 0.2) is 42.5 Å². The number of nitrogens with one attached hydrogen (secondary N) is 2. The summed E-state index contributed by atoms with van der Waals surface area (Å²) in [6.07, 6.45) is 1.11. The lowest BCUT2D eigenvalue weighted by Crippen LogP contribution is -2.41. The van der Waals surface area contributed by atoms with Gasteiger partial charge in [-0.05, 0) is 23.8 Å². The Balaban J connectivity index is 2.22. The first kappa shape index (κ1) is 24.2. The van der Waals surface area contributed by atoms with Gasteiger partial charge in [0.2, 0.25) is 0 Å². The maximum absolute atomic E-state index is 13.0. The van der Waals surface area contributed by atoms with E-state index in [-0.39, 0.29) is 30.5 Å². The lowest BCUT2D eigenvalue weighted by molar-refractivity contribution is -0.112. The van der Waals surface area contributed by atoms with Crippen LogP contribution >= 0.6 is 11.6 Å². The third-order valence-corrected chi connectivity index (χ3v) is 4.97. The second-order valence-corrected chi connectivity index (χ2v) is 7.00. The number of hydroxylamine groups is 1. The van der Waals surface area contributed by atoms with Gasteiger partial charge in [-0.3, -0.25) is 19.2 Å². The average molecular weight is 446 g/mol. The van der Waals surface area contributed by atoms with Gasteiger partial charge in [0.25, 0.3) is 11.8 Å². The van der Waals surface area contributed by atoms with Gasteiger partial charge in [-0.15, -0.1) is 0 Å². The molecule has 0 bridgehead atoms. The van der Waals surface area contributed by atoms with Crippen molar-refractivity contribution in [2.75, 3.05) is 14.1 Å². The van der Waals surface area contributed by atoms with Gasteiger partial charge in [-0.1, -0.05) is 35.9 Å². The molecule has 2 aromatic rings. The summed E-state index contributed by atoms with van der Waals surface area (Å²) in [5.41, 5.74) is 3.64. The summed E-state index contributed by atoms with van der Waals surface area (Å²) in [5, 5.41) is 3.03. The Bertz CT molecular complexity index is 950. The molecule has 0 heterocycles. The molecule has 0 aliphatic carbocycles. The number of hydrogen-bond donors (Lipinski definition) is 2. The molecule has 8 nitrogen and oxygen atoms in total. The second kappa shape index (κ2) is 11.9. The van der Waals surface area contributed by atoms with Gasteiger partial charge in [0.1, 0.15) is 6.29 Å². The van der Waals surface area contributed by atoms with Crippen LogP contribution in [0.2, 0.25) is 5.02 Å². The summed E-state index contributed by atoms with van der Waals surface area (Å²) >= 11 is 6.05. The number of nitrogens with zero attached hydrogens (tertiary/aromatic N) is 1. The Morgan fingerprint density at radius 3 is 2.48 bits per heavy atom. The summed E-state index contributed by atoms with van der Waals surface area (Å²) in [6, 6.07) is 11.4. The summed E-state index contributed by atoms with van der Waals surface area (Å²) < 4.78 is 0. The molecule has 0 saturated heterocycles. The number of halogens is 1. The van der Waals surface area contributed by atoms with Crippen LogP contribution in [0.4, 0.5) is 0 Å². The maximum atomic E-state index is 13.0. The normalized spacial score (nSPS) is 11.5. The molecule has 1 atom stereocenters. The summed E-state index contributed by atoms with van der Waals surface area (Å²) in [4.78, 5) is 54.6. The molecule has 0 aromatic heterocycles. The minimum Gasteiger partial charge on any atom is -0.348 e. The first-order valence-corrected chi connectivity index (χ1v) is 9.95. The van der Waals surface area contributed by atoms with Crippen LogP contribution in [0.5, 0.6) is 0 Å². The molecule has 2 rings (SSSR count). The standard InChI is InChI=1S/C22H24ClN3O5/c1-24-31-20(11-6-12-27)26(2)22(30)16-9-5-7-15(18(16)14-28)13-25-21(29)17-8-3-4-10-19(17)23/h3-5,7-10,12,14,20,24H,6,11,13H2,1-2H3,(H,25,29). The van der Waals surface area contributed by atoms with Crippen molar-refractivity contribution in [1.29, 1.82) is 0 Å². The first-order chi connectivity index (χ1) is 14.9. The summed E-state index contributed by atoms with van der Waals surface area (Å²) in [6.45, 7) is 0.0323. The Morgan fingerprint density at radius 1 is 1.13 bits per heavy atom. The van der Waals surface area contributed by atoms with E-state index in [1.807, 2.05) is 0 Å². The second-order valence-electron chi connectivity index (χ2n) is 6.60. The Hall–Kier alpha value is -3.07. The van der Waals surface area contributed by atoms with E-state index >= 15 is 0 Å². The van der Waals surface area contributed by atoms with Crippen molar-refractivity contribution in [1.82, 2.24) is 15.7 Å². The lowest BCUT2D eigenvalue weighted by Gasteiger charge is -2.27. The van der Waals surface area contributed by atoms with Gasteiger partial charge >= 0.3 is 0 Å². The number of amides is 2. The fourth-order valence-electron chi connectivity index (χ4n) is 3.01. The highest BCUT2D eigenvalue weighted by Crippen LogP contribution is 2.19. The van der Waals surface area contributed by atoms with E-state index in [2.05, 4.69) is 10.8 Å². The number of carbonyl (C=O) groups excluding carboxylic acids is 4. The van der Waals surface area contributed by atoms with Gasteiger partial charge in [0.05, 0.1) is 16.1 Å². The predicted octanol–water partition coefficient (Wildman–Crippen LogP) is 2.61. The molecule has 0 saturated carbocycles. The van der Waals surface area contributed by atoms with Crippen LogP contribution in [-0.2, 0) is 16.2 Å². The van der Waals surface area contributed by atoms with Crippen LogP contribution in [0.25, 0.3) is 0 Å². The van der Waals surface area contributed by atoms with Crippen molar-refractivity contribution >= 4 is 36.0 Å². The van der Waals surface area contributed by atoms with Gasteiger partial charge in [-0.2, -0.15) is 0 Å². The van der Waals surface area contributed by atoms with E-state index in [0.29, 0.717) is 22.4 Å². The molecule has 0 aliphatic heterocycles. The average Bonchev–Trinajstić information content (AvgIpc) is 2.79. The van der Waals surface area contributed by atoms with Gasteiger partial charge in [0.15, 0.2) is 12.5 Å². The lowest BCUT2D eigenvalue weighted by atomic mass is 10.0. The van der Waals surface area contributed by atoms with E-state index in [1.54, 1.807) is 43.4 Å². The molecule has 0 aliphatic rings. The molecular weight excluding hydrogens is 422 g/mol. The highest BCUT2D eigenvalue weighted by molar-refractivity contribution is 6.33. The maximum Gasteiger partial charge on any atom is 0.256 e. The Labute approximate surface area is 185 Å².